The lowest BCUT2D eigenvalue weighted by molar-refractivity contribution is -0.119. The number of ether oxygens (including phenoxy) is 1. The number of nitrogens with one attached hydrogen (secondary N) is 1. The highest BCUT2D eigenvalue weighted by molar-refractivity contribution is 7.22. The molecule has 8 heteroatoms. The van der Waals surface area contributed by atoms with Crippen molar-refractivity contribution in [3.05, 3.63) is 57.1 Å². The van der Waals surface area contributed by atoms with E-state index in [2.05, 4.69) is 10.3 Å². The predicted molar refractivity (Wildman–Crippen MR) is 97.7 cm³/mol. The molecule has 3 rings (SSSR count). The molecule has 1 aromatic carbocycles. The zero-order valence-electron chi connectivity index (χ0n) is 14.4. The van der Waals surface area contributed by atoms with Gasteiger partial charge in [0.25, 0.3) is 5.91 Å². The summed E-state index contributed by atoms with van der Waals surface area (Å²) in [6.45, 7) is 4.61. The molecular formula is C18H16N2O5S. The Kier molecular flexibility index (Phi) is 4.85. The fraction of sp³-hybridized carbons (Fsp3) is 0.222. The van der Waals surface area contributed by atoms with Gasteiger partial charge in [-0.25, -0.2) is 14.6 Å². The van der Waals surface area contributed by atoms with Crippen LogP contribution in [0.1, 0.15) is 27.2 Å². The minimum atomic E-state index is -0.723. The quantitative estimate of drug-likeness (QED) is 0.707. The van der Waals surface area contributed by atoms with Crippen molar-refractivity contribution in [1.82, 2.24) is 4.98 Å². The molecule has 0 spiro atoms. The molecule has 2 aromatic heterocycles. The van der Waals surface area contributed by atoms with Crippen LogP contribution >= 0.6 is 11.3 Å². The standard InChI is InChI=1S/C18H16N2O5S/c1-9-4-5-12-13(6-9)26-18(19-12)20-14(21)8-24-17(23)16-10(2)7-15(22)25-11(16)3/h4-7H,8H2,1-3H3,(H,19,20,21). The molecule has 0 atom stereocenters. The lowest BCUT2D eigenvalue weighted by Crippen LogP contribution is -2.22. The van der Waals surface area contributed by atoms with Crippen LogP contribution in [0, 0.1) is 20.8 Å². The second-order valence-electron chi connectivity index (χ2n) is 5.79. The van der Waals surface area contributed by atoms with Crippen molar-refractivity contribution in [3.63, 3.8) is 0 Å². The first-order chi connectivity index (χ1) is 12.3. The molecule has 26 heavy (non-hydrogen) atoms. The van der Waals surface area contributed by atoms with E-state index >= 15 is 0 Å². The van der Waals surface area contributed by atoms with Gasteiger partial charge in [-0.05, 0) is 44.0 Å². The van der Waals surface area contributed by atoms with E-state index in [0.717, 1.165) is 15.8 Å². The summed E-state index contributed by atoms with van der Waals surface area (Å²) in [6.07, 6.45) is 0. The van der Waals surface area contributed by atoms with E-state index in [1.807, 2.05) is 25.1 Å². The third kappa shape index (κ3) is 3.80. The lowest BCUT2D eigenvalue weighted by Gasteiger charge is -2.08. The van der Waals surface area contributed by atoms with E-state index < -0.39 is 24.1 Å². The summed E-state index contributed by atoms with van der Waals surface area (Å²) in [5.41, 5.74) is 1.94. The zero-order valence-corrected chi connectivity index (χ0v) is 15.2. The minimum Gasteiger partial charge on any atom is -0.452 e. The van der Waals surface area contributed by atoms with E-state index in [-0.39, 0.29) is 11.3 Å². The number of carbonyl (C=O) groups excluding carboxylic acids is 2. The average molecular weight is 372 g/mol. The topological polar surface area (TPSA) is 98.5 Å². The highest BCUT2D eigenvalue weighted by Crippen LogP contribution is 2.26. The van der Waals surface area contributed by atoms with Crippen molar-refractivity contribution >= 4 is 38.6 Å². The number of esters is 1. The Labute approximate surface area is 152 Å². The number of benzene rings is 1. The molecule has 134 valence electrons. The number of aryl methyl sites for hydroxylation is 3. The van der Waals surface area contributed by atoms with Crippen molar-refractivity contribution in [2.24, 2.45) is 0 Å². The van der Waals surface area contributed by atoms with Crippen LogP contribution in [0.4, 0.5) is 5.13 Å². The molecule has 0 unspecified atom stereocenters. The number of carbonyl (C=O) groups is 2. The largest absolute Gasteiger partial charge is 0.452 e. The van der Waals surface area contributed by atoms with Crippen LogP contribution in [0.3, 0.4) is 0 Å². The maximum absolute atomic E-state index is 12.2. The van der Waals surface area contributed by atoms with Gasteiger partial charge in [0.1, 0.15) is 11.3 Å². The summed E-state index contributed by atoms with van der Waals surface area (Å²) < 4.78 is 10.9. The number of thiazole rings is 1. The summed E-state index contributed by atoms with van der Waals surface area (Å²) in [7, 11) is 0. The maximum atomic E-state index is 12.2. The Morgan fingerprint density at radius 2 is 2.00 bits per heavy atom. The highest BCUT2D eigenvalue weighted by atomic mass is 32.1. The second-order valence-corrected chi connectivity index (χ2v) is 6.82. The number of hydrogen-bond acceptors (Lipinski definition) is 7. The second kappa shape index (κ2) is 7.09. The Balaban J connectivity index is 1.65. The maximum Gasteiger partial charge on any atom is 0.342 e. The van der Waals surface area contributed by atoms with Crippen molar-refractivity contribution < 1.29 is 18.7 Å². The molecule has 3 aromatic rings. The molecule has 0 aliphatic rings. The number of nitrogens with zero attached hydrogens (tertiary/aromatic N) is 1. The first-order valence-corrected chi connectivity index (χ1v) is 8.60. The van der Waals surface area contributed by atoms with Gasteiger partial charge in [0.15, 0.2) is 11.7 Å². The van der Waals surface area contributed by atoms with E-state index in [4.69, 9.17) is 9.15 Å². The Bertz CT molecular complexity index is 1040. The number of amides is 1. The third-order valence-electron chi connectivity index (χ3n) is 3.66. The molecule has 2 heterocycles. The van der Waals surface area contributed by atoms with E-state index in [1.54, 1.807) is 6.92 Å². The average Bonchev–Trinajstić information content (AvgIpc) is 2.93. The molecular weight excluding hydrogens is 356 g/mol. The molecule has 1 amide bonds. The van der Waals surface area contributed by atoms with Gasteiger partial charge in [-0.1, -0.05) is 17.4 Å². The monoisotopic (exact) mass is 372 g/mol. The smallest absolute Gasteiger partial charge is 0.342 e. The zero-order chi connectivity index (χ0) is 18.8. The Morgan fingerprint density at radius 3 is 2.73 bits per heavy atom. The summed E-state index contributed by atoms with van der Waals surface area (Å²) >= 11 is 1.34. The fourth-order valence-corrected chi connectivity index (χ4v) is 3.49. The molecule has 0 saturated carbocycles. The molecule has 0 saturated heterocycles. The molecule has 0 fully saturated rings. The lowest BCUT2D eigenvalue weighted by atomic mass is 10.1. The predicted octanol–water partition coefficient (Wildman–Crippen LogP) is 2.97. The number of fused-ring (bicyclic) bond motifs is 1. The molecule has 0 bridgehead atoms. The Hall–Kier alpha value is -3.00. The van der Waals surface area contributed by atoms with Gasteiger partial charge in [0.2, 0.25) is 0 Å². The van der Waals surface area contributed by atoms with E-state index in [9.17, 15) is 14.4 Å². The molecule has 0 radical (unpaired) electrons. The van der Waals surface area contributed by atoms with Gasteiger partial charge in [0.05, 0.1) is 10.2 Å². The van der Waals surface area contributed by atoms with Crippen LogP contribution in [0.2, 0.25) is 0 Å². The summed E-state index contributed by atoms with van der Waals surface area (Å²) in [6, 6.07) is 7.01. The highest BCUT2D eigenvalue weighted by Gasteiger charge is 2.18. The van der Waals surface area contributed by atoms with E-state index in [1.165, 1.54) is 24.3 Å². The van der Waals surface area contributed by atoms with Crippen LogP contribution in [-0.2, 0) is 9.53 Å². The Morgan fingerprint density at radius 1 is 1.23 bits per heavy atom. The van der Waals surface area contributed by atoms with Crippen LogP contribution in [0.15, 0.2) is 33.5 Å². The van der Waals surface area contributed by atoms with Crippen LogP contribution in [-0.4, -0.2) is 23.5 Å². The van der Waals surface area contributed by atoms with Gasteiger partial charge < -0.3 is 9.15 Å². The molecule has 0 aliphatic carbocycles. The number of anilines is 1. The fourth-order valence-electron chi connectivity index (χ4n) is 2.51. The van der Waals surface area contributed by atoms with Crippen molar-refractivity contribution in [2.75, 3.05) is 11.9 Å². The van der Waals surface area contributed by atoms with Crippen molar-refractivity contribution in [2.45, 2.75) is 20.8 Å². The molecule has 7 nitrogen and oxygen atoms in total. The van der Waals surface area contributed by atoms with Crippen LogP contribution in [0.25, 0.3) is 10.2 Å². The molecule has 1 N–H and O–H groups in total. The van der Waals surface area contributed by atoms with Gasteiger partial charge in [0, 0.05) is 6.07 Å². The summed E-state index contributed by atoms with van der Waals surface area (Å²) in [4.78, 5) is 39.8. The summed E-state index contributed by atoms with van der Waals surface area (Å²) in [5, 5.41) is 3.05. The van der Waals surface area contributed by atoms with Crippen molar-refractivity contribution in [3.8, 4) is 0 Å². The van der Waals surface area contributed by atoms with Gasteiger partial charge in [-0.2, -0.15) is 0 Å². The van der Waals surface area contributed by atoms with Gasteiger partial charge in [-0.3, -0.25) is 10.1 Å². The summed E-state index contributed by atoms with van der Waals surface area (Å²) in [5.74, 6) is -1.07. The normalized spacial score (nSPS) is 10.7. The van der Waals surface area contributed by atoms with Gasteiger partial charge >= 0.3 is 11.6 Å². The van der Waals surface area contributed by atoms with Crippen LogP contribution in [0.5, 0.6) is 0 Å². The van der Waals surface area contributed by atoms with Crippen molar-refractivity contribution in [1.29, 1.82) is 0 Å². The first kappa shape index (κ1) is 17.8. The number of aromatic nitrogens is 1. The SMILES string of the molecule is Cc1ccc2nc(NC(=O)COC(=O)c3c(C)cc(=O)oc3C)sc2c1. The third-order valence-corrected chi connectivity index (χ3v) is 4.60. The van der Waals surface area contributed by atoms with Crippen LogP contribution < -0.4 is 10.9 Å². The van der Waals surface area contributed by atoms with Gasteiger partial charge in [-0.15, -0.1) is 0 Å². The first-order valence-electron chi connectivity index (χ1n) is 7.79. The van der Waals surface area contributed by atoms with E-state index in [0.29, 0.717) is 10.7 Å². The number of rotatable bonds is 4. The minimum absolute atomic E-state index is 0.146. The molecule has 0 aliphatic heterocycles. The number of hydrogen-bond donors (Lipinski definition) is 1.